The van der Waals surface area contributed by atoms with Crippen LogP contribution in [0.1, 0.15) is 28.3 Å². The number of thiazole rings is 1. The van der Waals surface area contributed by atoms with Crippen LogP contribution in [0, 0.1) is 0 Å². The number of rotatable bonds is 4. The Bertz CT molecular complexity index is 375. The van der Waals surface area contributed by atoms with E-state index >= 15 is 0 Å². The highest BCUT2D eigenvalue weighted by molar-refractivity contribution is 7.99. The molecule has 1 aliphatic heterocycles. The fourth-order valence-corrected chi connectivity index (χ4v) is 3.66. The molecule has 0 atom stereocenters. The second-order valence-electron chi connectivity index (χ2n) is 4.03. The maximum atomic E-state index is 11.9. The number of nitrogens with zero attached hydrogens (tertiary/aromatic N) is 1. The summed E-state index contributed by atoms with van der Waals surface area (Å²) in [6, 6.07) is 0.323. The van der Waals surface area contributed by atoms with Crippen molar-refractivity contribution in [2.45, 2.75) is 25.3 Å². The molecule has 94 valence electrons. The number of amides is 1. The molecule has 0 bridgehead atoms. The van der Waals surface area contributed by atoms with Crippen molar-refractivity contribution < 1.29 is 4.79 Å². The van der Waals surface area contributed by atoms with Gasteiger partial charge in [0.2, 0.25) is 0 Å². The monoisotopic (exact) mass is 271 g/mol. The van der Waals surface area contributed by atoms with E-state index in [1.807, 2.05) is 17.1 Å². The van der Waals surface area contributed by atoms with Crippen LogP contribution < -0.4 is 11.1 Å². The zero-order valence-corrected chi connectivity index (χ0v) is 11.3. The highest BCUT2D eigenvalue weighted by Crippen LogP contribution is 2.17. The van der Waals surface area contributed by atoms with Crippen LogP contribution in [0.4, 0.5) is 0 Å². The molecule has 1 aliphatic rings. The number of carbonyl (C=O) groups excluding carboxylic acids is 1. The molecule has 1 amide bonds. The lowest BCUT2D eigenvalue weighted by atomic mass is 10.1. The molecule has 0 saturated carbocycles. The summed E-state index contributed by atoms with van der Waals surface area (Å²) in [6.45, 7) is 0.578. The summed E-state index contributed by atoms with van der Waals surface area (Å²) in [6.07, 6.45) is 2.88. The Morgan fingerprint density at radius 2 is 2.29 bits per heavy atom. The highest BCUT2D eigenvalue weighted by Gasteiger charge is 2.18. The van der Waals surface area contributed by atoms with Gasteiger partial charge in [-0.1, -0.05) is 0 Å². The van der Waals surface area contributed by atoms with E-state index in [1.54, 1.807) is 0 Å². The molecule has 3 N–H and O–H groups in total. The first-order valence-corrected chi connectivity index (χ1v) is 7.86. The number of nitrogens with one attached hydrogen (secondary N) is 1. The smallest absolute Gasteiger partial charge is 0.270 e. The van der Waals surface area contributed by atoms with Gasteiger partial charge < -0.3 is 11.1 Å². The second kappa shape index (κ2) is 6.37. The number of aromatic nitrogens is 1. The van der Waals surface area contributed by atoms with Gasteiger partial charge in [-0.25, -0.2) is 4.98 Å². The molecule has 17 heavy (non-hydrogen) atoms. The van der Waals surface area contributed by atoms with Gasteiger partial charge in [0.05, 0.1) is 5.01 Å². The lowest BCUT2D eigenvalue weighted by Gasteiger charge is -2.21. The van der Waals surface area contributed by atoms with Crippen molar-refractivity contribution in [3.63, 3.8) is 0 Å². The molecule has 1 aromatic rings. The van der Waals surface area contributed by atoms with Gasteiger partial charge in [-0.15, -0.1) is 11.3 Å². The van der Waals surface area contributed by atoms with E-state index in [-0.39, 0.29) is 5.91 Å². The van der Waals surface area contributed by atoms with Gasteiger partial charge in [-0.2, -0.15) is 11.8 Å². The van der Waals surface area contributed by atoms with Crippen LogP contribution in [0.15, 0.2) is 5.38 Å². The van der Waals surface area contributed by atoms with E-state index in [9.17, 15) is 4.79 Å². The van der Waals surface area contributed by atoms with Crippen LogP contribution in [-0.2, 0) is 6.42 Å². The molecule has 1 fully saturated rings. The molecule has 1 aromatic heterocycles. The second-order valence-corrected chi connectivity index (χ2v) is 6.19. The molecule has 0 aromatic carbocycles. The van der Waals surface area contributed by atoms with Crippen molar-refractivity contribution in [2.24, 2.45) is 5.73 Å². The zero-order chi connectivity index (χ0) is 12.1. The average Bonchev–Trinajstić information content (AvgIpc) is 2.79. The quantitative estimate of drug-likeness (QED) is 0.865. The maximum absolute atomic E-state index is 11.9. The number of thioether (sulfide) groups is 1. The van der Waals surface area contributed by atoms with Gasteiger partial charge in [-0.3, -0.25) is 4.79 Å². The van der Waals surface area contributed by atoms with Crippen molar-refractivity contribution in [1.29, 1.82) is 0 Å². The number of carbonyl (C=O) groups is 1. The largest absolute Gasteiger partial charge is 0.348 e. The Kier molecular flexibility index (Phi) is 4.82. The summed E-state index contributed by atoms with van der Waals surface area (Å²) in [5.74, 6) is 2.24. The number of hydrogen-bond acceptors (Lipinski definition) is 5. The van der Waals surface area contributed by atoms with Crippen LogP contribution in [-0.4, -0.2) is 35.0 Å². The minimum absolute atomic E-state index is 0.0404. The maximum Gasteiger partial charge on any atom is 0.270 e. The molecule has 0 radical (unpaired) electrons. The minimum Gasteiger partial charge on any atom is -0.348 e. The van der Waals surface area contributed by atoms with Crippen molar-refractivity contribution in [3.8, 4) is 0 Å². The van der Waals surface area contributed by atoms with Crippen molar-refractivity contribution in [3.05, 3.63) is 16.1 Å². The standard InChI is InChI=1S/C11H17N3OS2/c12-4-1-10-14-9(7-17-10)11(15)13-8-2-5-16-6-3-8/h7-8H,1-6,12H2,(H,13,15). The van der Waals surface area contributed by atoms with E-state index in [2.05, 4.69) is 10.3 Å². The highest BCUT2D eigenvalue weighted by atomic mass is 32.2. The van der Waals surface area contributed by atoms with Gasteiger partial charge in [-0.05, 0) is 30.9 Å². The molecular formula is C11H17N3OS2. The normalized spacial score (nSPS) is 17.0. The fraction of sp³-hybridized carbons (Fsp3) is 0.636. The van der Waals surface area contributed by atoms with E-state index in [1.165, 1.54) is 11.3 Å². The van der Waals surface area contributed by atoms with E-state index < -0.39 is 0 Å². The van der Waals surface area contributed by atoms with Crippen LogP contribution >= 0.6 is 23.1 Å². The van der Waals surface area contributed by atoms with Gasteiger partial charge in [0.25, 0.3) is 5.91 Å². The molecular weight excluding hydrogens is 254 g/mol. The zero-order valence-electron chi connectivity index (χ0n) is 9.65. The predicted molar refractivity (Wildman–Crippen MR) is 72.7 cm³/mol. The third-order valence-electron chi connectivity index (χ3n) is 2.70. The van der Waals surface area contributed by atoms with Crippen LogP contribution in [0.5, 0.6) is 0 Å². The SMILES string of the molecule is NCCc1nc(C(=O)NC2CCSCC2)cs1. The van der Waals surface area contributed by atoms with Crippen LogP contribution in [0.25, 0.3) is 0 Å². The number of nitrogens with two attached hydrogens (primary N) is 1. The first kappa shape index (κ1) is 12.9. The Balaban J connectivity index is 1.89. The fourth-order valence-electron chi connectivity index (χ4n) is 1.75. The van der Waals surface area contributed by atoms with Gasteiger partial charge in [0.15, 0.2) is 0 Å². The lowest BCUT2D eigenvalue weighted by Crippen LogP contribution is -2.37. The van der Waals surface area contributed by atoms with Crippen LogP contribution in [0.2, 0.25) is 0 Å². The Morgan fingerprint density at radius 1 is 1.53 bits per heavy atom. The predicted octanol–water partition coefficient (Wildman–Crippen LogP) is 1.27. The van der Waals surface area contributed by atoms with E-state index in [0.29, 0.717) is 18.3 Å². The summed E-state index contributed by atoms with van der Waals surface area (Å²) < 4.78 is 0. The lowest BCUT2D eigenvalue weighted by molar-refractivity contribution is 0.0930. The molecule has 2 heterocycles. The summed E-state index contributed by atoms with van der Waals surface area (Å²) in [5, 5.41) is 5.81. The van der Waals surface area contributed by atoms with E-state index in [4.69, 9.17) is 5.73 Å². The molecule has 0 aliphatic carbocycles. The molecule has 4 nitrogen and oxygen atoms in total. The summed E-state index contributed by atoms with van der Waals surface area (Å²) >= 11 is 3.46. The summed E-state index contributed by atoms with van der Waals surface area (Å²) in [4.78, 5) is 16.2. The summed E-state index contributed by atoms with van der Waals surface area (Å²) in [5.41, 5.74) is 6.00. The van der Waals surface area contributed by atoms with E-state index in [0.717, 1.165) is 35.8 Å². The first-order valence-electron chi connectivity index (χ1n) is 5.82. The van der Waals surface area contributed by atoms with Gasteiger partial charge >= 0.3 is 0 Å². The van der Waals surface area contributed by atoms with Crippen molar-refractivity contribution in [2.75, 3.05) is 18.1 Å². The minimum atomic E-state index is -0.0404. The van der Waals surface area contributed by atoms with Crippen LogP contribution in [0.3, 0.4) is 0 Å². The third kappa shape index (κ3) is 3.69. The molecule has 0 spiro atoms. The third-order valence-corrected chi connectivity index (χ3v) is 4.66. The molecule has 0 unspecified atom stereocenters. The van der Waals surface area contributed by atoms with Crippen molar-refractivity contribution in [1.82, 2.24) is 10.3 Å². The van der Waals surface area contributed by atoms with Gasteiger partial charge in [0, 0.05) is 17.8 Å². The molecule has 6 heteroatoms. The average molecular weight is 271 g/mol. The van der Waals surface area contributed by atoms with Crippen molar-refractivity contribution >= 4 is 29.0 Å². The summed E-state index contributed by atoms with van der Waals surface area (Å²) in [7, 11) is 0. The van der Waals surface area contributed by atoms with Gasteiger partial charge in [0.1, 0.15) is 5.69 Å². The molecule has 2 rings (SSSR count). The topological polar surface area (TPSA) is 68.0 Å². The Hall–Kier alpha value is -0.590. The Morgan fingerprint density at radius 3 is 3.00 bits per heavy atom. The first-order chi connectivity index (χ1) is 8.29. The molecule has 1 saturated heterocycles. The Labute approximate surface area is 109 Å². The number of hydrogen-bond donors (Lipinski definition) is 2.